The Kier molecular flexibility index (Phi) is 3.88. The quantitative estimate of drug-likeness (QED) is 0.810. The van der Waals surface area contributed by atoms with E-state index in [1.165, 1.54) is 30.4 Å². The van der Waals surface area contributed by atoms with E-state index in [0.717, 1.165) is 11.6 Å². The van der Waals surface area contributed by atoms with Crippen molar-refractivity contribution in [3.05, 3.63) is 34.3 Å². The standard InChI is InChI=1S/C14H20ClN/c1-10(2)11-7-12(9-13(15)8-11)14-5-3-4-6-16-14/h7-10,14,16H,3-6H2,1-2H3. The van der Waals surface area contributed by atoms with Gasteiger partial charge in [0.1, 0.15) is 0 Å². The lowest BCUT2D eigenvalue weighted by atomic mass is 9.93. The molecule has 0 aromatic heterocycles. The van der Waals surface area contributed by atoms with Crippen molar-refractivity contribution in [2.45, 2.75) is 45.1 Å². The zero-order valence-electron chi connectivity index (χ0n) is 10.1. The number of benzene rings is 1. The average molecular weight is 238 g/mol. The molecule has 0 saturated carbocycles. The molecule has 1 fully saturated rings. The van der Waals surface area contributed by atoms with Gasteiger partial charge in [-0.05, 0) is 48.6 Å². The van der Waals surface area contributed by atoms with Crippen molar-refractivity contribution in [3.63, 3.8) is 0 Å². The van der Waals surface area contributed by atoms with Crippen LogP contribution >= 0.6 is 11.6 Å². The van der Waals surface area contributed by atoms with E-state index in [1.54, 1.807) is 0 Å². The molecule has 1 aromatic carbocycles. The van der Waals surface area contributed by atoms with Crippen molar-refractivity contribution < 1.29 is 0 Å². The molecule has 1 N–H and O–H groups in total. The van der Waals surface area contributed by atoms with Crippen molar-refractivity contribution in [2.24, 2.45) is 0 Å². The van der Waals surface area contributed by atoms with Crippen LogP contribution in [-0.2, 0) is 0 Å². The summed E-state index contributed by atoms with van der Waals surface area (Å²) in [6.45, 7) is 5.56. The summed E-state index contributed by atoms with van der Waals surface area (Å²) in [6.07, 6.45) is 3.85. The number of hydrogen-bond donors (Lipinski definition) is 1. The van der Waals surface area contributed by atoms with Gasteiger partial charge in [-0.3, -0.25) is 0 Å². The molecule has 88 valence electrons. The third kappa shape index (κ3) is 2.78. The summed E-state index contributed by atoms with van der Waals surface area (Å²) in [7, 11) is 0. The summed E-state index contributed by atoms with van der Waals surface area (Å²) in [4.78, 5) is 0. The van der Waals surface area contributed by atoms with Crippen LogP contribution in [0.1, 0.15) is 56.2 Å². The predicted octanol–water partition coefficient (Wildman–Crippen LogP) is 4.28. The van der Waals surface area contributed by atoms with Crippen LogP contribution in [0.3, 0.4) is 0 Å². The van der Waals surface area contributed by atoms with Crippen LogP contribution in [0.5, 0.6) is 0 Å². The van der Waals surface area contributed by atoms with Gasteiger partial charge in [0.05, 0.1) is 0 Å². The van der Waals surface area contributed by atoms with Crippen molar-refractivity contribution in [1.82, 2.24) is 5.32 Å². The van der Waals surface area contributed by atoms with Crippen LogP contribution < -0.4 is 5.32 Å². The molecule has 0 radical (unpaired) electrons. The van der Waals surface area contributed by atoms with Crippen LogP contribution in [0.4, 0.5) is 0 Å². The Morgan fingerprint density at radius 2 is 2.06 bits per heavy atom. The van der Waals surface area contributed by atoms with Gasteiger partial charge in [0.25, 0.3) is 0 Å². The molecule has 1 nitrogen and oxygen atoms in total. The lowest BCUT2D eigenvalue weighted by molar-refractivity contribution is 0.412. The Hall–Kier alpha value is -0.530. The van der Waals surface area contributed by atoms with Gasteiger partial charge < -0.3 is 5.32 Å². The zero-order chi connectivity index (χ0) is 11.5. The molecule has 2 rings (SSSR count). The van der Waals surface area contributed by atoms with E-state index in [2.05, 4.69) is 37.4 Å². The van der Waals surface area contributed by atoms with Crippen LogP contribution in [0.25, 0.3) is 0 Å². The Balaban J connectivity index is 2.25. The second kappa shape index (κ2) is 5.20. The first kappa shape index (κ1) is 11.9. The summed E-state index contributed by atoms with van der Waals surface area (Å²) >= 11 is 6.19. The summed E-state index contributed by atoms with van der Waals surface area (Å²) in [5.74, 6) is 0.543. The van der Waals surface area contributed by atoms with Gasteiger partial charge in [-0.25, -0.2) is 0 Å². The Labute approximate surface area is 103 Å². The van der Waals surface area contributed by atoms with Crippen LogP contribution in [0, 0.1) is 0 Å². The van der Waals surface area contributed by atoms with Gasteiger partial charge in [0.2, 0.25) is 0 Å². The summed E-state index contributed by atoms with van der Waals surface area (Å²) < 4.78 is 0. The van der Waals surface area contributed by atoms with E-state index in [0.29, 0.717) is 12.0 Å². The molecule has 1 heterocycles. The van der Waals surface area contributed by atoms with Crippen molar-refractivity contribution in [1.29, 1.82) is 0 Å². The SMILES string of the molecule is CC(C)c1cc(Cl)cc(C2CCCCN2)c1. The number of hydrogen-bond acceptors (Lipinski definition) is 1. The normalized spacial score (nSPS) is 21.4. The predicted molar refractivity (Wildman–Crippen MR) is 70.1 cm³/mol. The van der Waals surface area contributed by atoms with Crippen LogP contribution in [0.15, 0.2) is 18.2 Å². The Bertz CT molecular complexity index is 354. The van der Waals surface area contributed by atoms with E-state index < -0.39 is 0 Å². The first-order chi connectivity index (χ1) is 7.66. The third-order valence-corrected chi connectivity index (χ3v) is 3.54. The highest BCUT2D eigenvalue weighted by molar-refractivity contribution is 6.30. The molecule has 1 atom stereocenters. The number of halogens is 1. The Morgan fingerprint density at radius 1 is 1.25 bits per heavy atom. The molecule has 0 bridgehead atoms. The highest BCUT2D eigenvalue weighted by Crippen LogP contribution is 2.28. The first-order valence-corrected chi connectivity index (χ1v) is 6.58. The summed E-state index contributed by atoms with van der Waals surface area (Å²) in [6, 6.07) is 7.00. The van der Waals surface area contributed by atoms with Crippen LogP contribution in [-0.4, -0.2) is 6.54 Å². The Morgan fingerprint density at radius 3 is 2.69 bits per heavy atom. The topological polar surface area (TPSA) is 12.0 Å². The summed E-state index contributed by atoms with van der Waals surface area (Å²) in [5.41, 5.74) is 2.70. The van der Waals surface area contributed by atoms with E-state index in [1.807, 2.05) is 0 Å². The van der Waals surface area contributed by atoms with Crippen molar-refractivity contribution in [3.8, 4) is 0 Å². The summed E-state index contributed by atoms with van der Waals surface area (Å²) in [5, 5.41) is 4.44. The number of piperidine rings is 1. The largest absolute Gasteiger partial charge is 0.310 e. The highest BCUT2D eigenvalue weighted by atomic mass is 35.5. The zero-order valence-corrected chi connectivity index (χ0v) is 10.8. The molecule has 1 unspecified atom stereocenters. The average Bonchev–Trinajstić information content (AvgIpc) is 2.29. The van der Waals surface area contributed by atoms with E-state index in [-0.39, 0.29) is 0 Å². The maximum Gasteiger partial charge on any atom is 0.0412 e. The number of nitrogens with one attached hydrogen (secondary N) is 1. The van der Waals surface area contributed by atoms with Crippen molar-refractivity contribution >= 4 is 11.6 Å². The van der Waals surface area contributed by atoms with E-state index >= 15 is 0 Å². The minimum Gasteiger partial charge on any atom is -0.310 e. The molecule has 0 spiro atoms. The molecule has 0 amide bonds. The minimum absolute atomic E-state index is 0.505. The van der Waals surface area contributed by atoms with Gasteiger partial charge in [0, 0.05) is 11.1 Å². The smallest absolute Gasteiger partial charge is 0.0412 e. The second-order valence-corrected chi connectivity index (χ2v) is 5.41. The molecule has 1 aliphatic rings. The molecular formula is C14H20ClN. The van der Waals surface area contributed by atoms with Crippen molar-refractivity contribution in [2.75, 3.05) is 6.54 Å². The lowest BCUT2D eigenvalue weighted by Gasteiger charge is -2.25. The monoisotopic (exact) mass is 237 g/mol. The molecular weight excluding hydrogens is 218 g/mol. The molecule has 16 heavy (non-hydrogen) atoms. The van der Waals surface area contributed by atoms with Crippen LogP contribution in [0.2, 0.25) is 5.02 Å². The molecule has 1 aromatic rings. The second-order valence-electron chi connectivity index (χ2n) is 4.98. The first-order valence-electron chi connectivity index (χ1n) is 6.20. The van der Waals surface area contributed by atoms with E-state index in [4.69, 9.17) is 11.6 Å². The van der Waals surface area contributed by atoms with Gasteiger partial charge in [-0.15, -0.1) is 0 Å². The molecule has 0 aliphatic carbocycles. The fourth-order valence-electron chi connectivity index (χ4n) is 2.31. The number of rotatable bonds is 2. The molecule has 1 saturated heterocycles. The van der Waals surface area contributed by atoms with Gasteiger partial charge in [0.15, 0.2) is 0 Å². The third-order valence-electron chi connectivity index (χ3n) is 3.32. The highest BCUT2D eigenvalue weighted by Gasteiger charge is 2.16. The fraction of sp³-hybridized carbons (Fsp3) is 0.571. The lowest BCUT2D eigenvalue weighted by Crippen LogP contribution is -2.26. The molecule has 1 aliphatic heterocycles. The van der Waals surface area contributed by atoms with Gasteiger partial charge >= 0.3 is 0 Å². The molecule has 2 heteroatoms. The maximum absolute atomic E-state index is 6.19. The maximum atomic E-state index is 6.19. The minimum atomic E-state index is 0.505. The van der Waals surface area contributed by atoms with Gasteiger partial charge in [-0.1, -0.05) is 37.9 Å². The fourth-order valence-corrected chi connectivity index (χ4v) is 2.56. The van der Waals surface area contributed by atoms with E-state index in [9.17, 15) is 0 Å². The van der Waals surface area contributed by atoms with Gasteiger partial charge in [-0.2, -0.15) is 0 Å².